The Balaban J connectivity index is 1.29. The van der Waals surface area contributed by atoms with Gasteiger partial charge in [0.15, 0.2) is 0 Å². The highest BCUT2D eigenvalue weighted by Gasteiger charge is 2.23. The van der Waals surface area contributed by atoms with Crippen molar-refractivity contribution in [2.75, 3.05) is 32.8 Å². The Kier molecular flexibility index (Phi) is 5.26. The molecule has 2 aromatic carbocycles. The van der Waals surface area contributed by atoms with Gasteiger partial charge in [-0.25, -0.2) is 0 Å². The average Bonchev–Trinajstić information content (AvgIpc) is 3.15. The van der Waals surface area contributed by atoms with Crippen molar-refractivity contribution in [3.63, 3.8) is 0 Å². The van der Waals surface area contributed by atoms with E-state index in [2.05, 4.69) is 31.2 Å². The molecule has 4 nitrogen and oxygen atoms in total. The van der Waals surface area contributed by atoms with Crippen LogP contribution in [0.15, 0.2) is 48.5 Å². The van der Waals surface area contributed by atoms with E-state index in [4.69, 9.17) is 4.74 Å². The number of carbonyl (C=O) groups is 1. The quantitative estimate of drug-likeness (QED) is 0.842. The van der Waals surface area contributed by atoms with E-state index in [1.807, 2.05) is 29.2 Å². The van der Waals surface area contributed by atoms with Crippen LogP contribution in [-0.2, 0) is 17.8 Å². The molecule has 0 saturated carbocycles. The number of nitrogens with zero attached hydrogens (tertiary/aromatic N) is 1. The summed E-state index contributed by atoms with van der Waals surface area (Å²) in [6, 6.07) is 14.7. The zero-order valence-corrected chi connectivity index (χ0v) is 15.9. The van der Waals surface area contributed by atoms with Crippen molar-refractivity contribution in [1.29, 1.82) is 0 Å². The van der Waals surface area contributed by atoms with Gasteiger partial charge in [-0.15, -0.1) is 0 Å². The Hall–Kier alpha value is -2.59. The first kappa shape index (κ1) is 17.8. The molecule has 2 aliphatic heterocycles. The van der Waals surface area contributed by atoms with E-state index in [9.17, 15) is 4.79 Å². The number of quaternary nitrogens is 1. The van der Waals surface area contributed by atoms with Crippen molar-refractivity contribution in [2.45, 2.75) is 19.9 Å². The van der Waals surface area contributed by atoms with Crippen LogP contribution < -0.4 is 9.64 Å². The fraction of sp³-hybridized carbons (Fsp3) is 0.348. The van der Waals surface area contributed by atoms with E-state index < -0.39 is 0 Å². The minimum absolute atomic E-state index is 0.118. The third-order valence-corrected chi connectivity index (χ3v) is 5.58. The number of benzene rings is 2. The van der Waals surface area contributed by atoms with Crippen LogP contribution in [0.1, 0.15) is 22.3 Å². The number of rotatable bonds is 4. The number of carbonyl (C=O) groups excluding carboxylic acids is 1. The van der Waals surface area contributed by atoms with E-state index in [0.717, 1.165) is 57.1 Å². The van der Waals surface area contributed by atoms with Gasteiger partial charge in [-0.05, 0) is 47.9 Å². The van der Waals surface area contributed by atoms with Gasteiger partial charge in [0, 0.05) is 18.1 Å². The molecule has 0 unspecified atom stereocenters. The van der Waals surface area contributed by atoms with E-state index >= 15 is 0 Å². The Morgan fingerprint density at radius 3 is 2.81 bits per heavy atom. The van der Waals surface area contributed by atoms with Gasteiger partial charge in [0.25, 0.3) is 0 Å². The minimum Gasteiger partial charge on any atom is -0.493 e. The van der Waals surface area contributed by atoms with Crippen molar-refractivity contribution in [2.24, 2.45) is 0 Å². The molecule has 0 aliphatic carbocycles. The van der Waals surface area contributed by atoms with E-state index in [1.165, 1.54) is 16.7 Å². The van der Waals surface area contributed by atoms with Crippen molar-refractivity contribution < 1.29 is 14.4 Å². The molecule has 1 amide bonds. The smallest absolute Gasteiger partial charge is 0.246 e. The third-order valence-electron chi connectivity index (χ3n) is 5.58. The SMILES string of the molecule is Cc1ccccc1/C=C/C(=O)N1CC[NH+](Cc2ccc3c(c2)CCO3)CC1. The Bertz CT molecular complexity index is 851. The average molecular weight is 363 g/mol. The topological polar surface area (TPSA) is 34.0 Å². The van der Waals surface area contributed by atoms with Gasteiger partial charge >= 0.3 is 0 Å². The molecule has 4 rings (SSSR count). The standard InChI is InChI=1S/C23H26N2O2/c1-18-4-2-3-5-20(18)7-9-23(26)25-13-11-24(12-14-25)17-19-6-8-22-21(16-19)10-15-27-22/h2-9,16H,10-15,17H2,1H3/p+1/b9-7+. The van der Waals surface area contributed by atoms with Crippen molar-refractivity contribution >= 4 is 12.0 Å². The molecule has 27 heavy (non-hydrogen) atoms. The van der Waals surface area contributed by atoms with Crippen LogP contribution in [0.25, 0.3) is 6.08 Å². The molecule has 4 heteroatoms. The van der Waals surface area contributed by atoms with Gasteiger partial charge in [-0.2, -0.15) is 0 Å². The summed E-state index contributed by atoms with van der Waals surface area (Å²) in [6.45, 7) is 7.53. The fourth-order valence-corrected chi connectivity index (χ4v) is 3.90. The number of hydrogen-bond acceptors (Lipinski definition) is 2. The number of ether oxygens (including phenoxy) is 1. The van der Waals surface area contributed by atoms with Gasteiger partial charge in [0.1, 0.15) is 12.3 Å². The number of aryl methyl sites for hydroxylation is 1. The maximum absolute atomic E-state index is 12.5. The van der Waals surface area contributed by atoms with Crippen LogP contribution in [0, 0.1) is 6.92 Å². The summed E-state index contributed by atoms with van der Waals surface area (Å²) in [6.07, 6.45) is 4.67. The first-order valence-corrected chi connectivity index (χ1v) is 9.80. The van der Waals surface area contributed by atoms with Crippen molar-refractivity contribution in [3.05, 3.63) is 70.8 Å². The Morgan fingerprint density at radius 2 is 2.00 bits per heavy atom. The fourth-order valence-electron chi connectivity index (χ4n) is 3.90. The molecule has 0 spiro atoms. The third kappa shape index (κ3) is 4.22. The maximum Gasteiger partial charge on any atom is 0.246 e. The first-order chi connectivity index (χ1) is 13.2. The van der Waals surface area contributed by atoms with Crippen LogP contribution in [0.4, 0.5) is 0 Å². The Labute approximate surface area is 161 Å². The monoisotopic (exact) mass is 363 g/mol. The molecule has 0 aromatic heterocycles. The van der Waals surface area contributed by atoms with Gasteiger partial charge in [0.2, 0.25) is 5.91 Å². The van der Waals surface area contributed by atoms with Crippen LogP contribution >= 0.6 is 0 Å². The maximum atomic E-state index is 12.5. The molecule has 2 aliphatic rings. The van der Waals surface area contributed by atoms with Crippen molar-refractivity contribution in [1.82, 2.24) is 4.90 Å². The number of nitrogens with one attached hydrogen (secondary N) is 1. The molecular weight excluding hydrogens is 336 g/mol. The zero-order valence-electron chi connectivity index (χ0n) is 15.9. The van der Waals surface area contributed by atoms with Gasteiger partial charge in [-0.3, -0.25) is 4.79 Å². The summed E-state index contributed by atoms with van der Waals surface area (Å²) < 4.78 is 5.59. The largest absolute Gasteiger partial charge is 0.493 e. The van der Waals surface area contributed by atoms with E-state index in [-0.39, 0.29) is 5.91 Å². The molecule has 1 saturated heterocycles. The number of fused-ring (bicyclic) bond motifs is 1. The lowest BCUT2D eigenvalue weighted by Gasteiger charge is -2.31. The number of hydrogen-bond donors (Lipinski definition) is 1. The van der Waals surface area contributed by atoms with Crippen LogP contribution in [0.5, 0.6) is 5.75 Å². The molecule has 0 atom stereocenters. The molecule has 2 heterocycles. The highest BCUT2D eigenvalue weighted by Crippen LogP contribution is 2.25. The molecule has 140 valence electrons. The predicted molar refractivity (Wildman–Crippen MR) is 107 cm³/mol. The summed E-state index contributed by atoms with van der Waals surface area (Å²) in [4.78, 5) is 16.0. The molecule has 0 radical (unpaired) electrons. The van der Waals surface area contributed by atoms with E-state index in [0.29, 0.717) is 0 Å². The van der Waals surface area contributed by atoms with Crippen LogP contribution in [0.3, 0.4) is 0 Å². The van der Waals surface area contributed by atoms with E-state index in [1.54, 1.807) is 11.0 Å². The molecule has 1 N–H and O–H groups in total. The highest BCUT2D eigenvalue weighted by molar-refractivity contribution is 5.92. The molecular formula is C23H27N2O2+. The second kappa shape index (κ2) is 7.97. The van der Waals surface area contributed by atoms with Gasteiger partial charge in [0.05, 0.1) is 32.8 Å². The second-order valence-electron chi connectivity index (χ2n) is 7.48. The summed E-state index contributed by atoms with van der Waals surface area (Å²) in [5, 5.41) is 0. The second-order valence-corrected chi connectivity index (χ2v) is 7.48. The summed E-state index contributed by atoms with van der Waals surface area (Å²) in [5.41, 5.74) is 5.00. The summed E-state index contributed by atoms with van der Waals surface area (Å²) >= 11 is 0. The predicted octanol–water partition coefficient (Wildman–Crippen LogP) is 1.87. The van der Waals surface area contributed by atoms with Crippen molar-refractivity contribution in [3.8, 4) is 5.75 Å². The first-order valence-electron chi connectivity index (χ1n) is 9.80. The molecule has 0 bridgehead atoms. The van der Waals surface area contributed by atoms with Crippen LogP contribution in [0.2, 0.25) is 0 Å². The number of amides is 1. The lowest BCUT2D eigenvalue weighted by atomic mass is 10.1. The Morgan fingerprint density at radius 1 is 1.19 bits per heavy atom. The molecule has 2 aromatic rings. The van der Waals surface area contributed by atoms with Gasteiger partial charge in [-0.1, -0.05) is 24.3 Å². The molecule has 1 fully saturated rings. The van der Waals surface area contributed by atoms with Crippen LogP contribution in [-0.4, -0.2) is 43.6 Å². The minimum atomic E-state index is 0.118. The number of piperazine rings is 1. The van der Waals surface area contributed by atoms with Gasteiger partial charge < -0.3 is 14.5 Å². The summed E-state index contributed by atoms with van der Waals surface area (Å²) in [5.74, 6) is 1.16. The zero-order chi connectivity index (χ0) is 18.6. The lowest BCUT2D eigenvalue weighted by Crippen LogP contribution is -3.13. The lowest BCUT2D eigenvalue weighted by molar-refractivity contribution is -0.917. The highest BCUT2D eigenvalue weighted by atomic mass is 16.5. The normalized spacial score (nSPS) is 17.1. The summed E-state index contributed by atoms with van der Waals surface area (Å²) in [7, 11) is 0.